The first-order chi connectivity index (χ1) is 1.91. The summed E-state index contributed by atoms with van der Waals surface area (Å²) in [6.07, 6.45) is 0. The molecule has 2 heteroatoms. The molecule has 0 saturated carbocycles. The van der Waals surface area contributed by atoms with Gasteiger partial charge in [-0.25, -0.2) is 0 Å². The summed E-state index contributed by atoms with van der Waals surface area (Å²) in [4.78, 5) is 0. The van der Waals surface area contributed by atoms with Gasteiger partial charge in [-0.05, 0) is 0 Å². The predicted octanol–water partition coefficient (Wildman–Crippen LogP) is 0.0968. The largest absolute Gasteiger partial charge is 0.199 e. The molecule has 0 aliphatic carbocycles. The number of hydrogen-bond donors (Lipinski definition) is 0. The summed E-state index contributed by atoms with van der Waals surface area (Å²) in [5, 5.41) is 7.58. The lowest BCUT2D eigenvalue weighted by Crippen LogP contribution is -1.48. The van der Waals surface area contributed by atoms with Gasteiger partial charge in [-0.1, -0.05) is 0 Å². The van der Waals surface area contributed by atoms with Crippen molar-refractivity contribution >= 4 is 10.2 Å². The molecule has 4 heavy (non-hydrogen) atoms. The molecule has 0 rings (SSSR count). The van der Waals surface area contributed by atoms with E-state index in [1.54, 1.807) is 0 Å². The second-order valence-corrected chi connectivity index (χ2v) is 0.688. The fourth-order valence-corrected chi connectivity index (χ4v) is 0. The highest BCUT2D eigenvalue weighted by molar-refractivity contribution is 6.10. The van der Waals surface area contributed by atoms with Crippen LogP contribution in [0.4, 0.5) is 0 Å². The van der Waals surface area contributed by atoms with E-state index in [1.807, 2.05) is 6.07 Å². The van der Waals surface area contributed by atoms with Crippen LogP contribution < -0.4 is 0 Å². The maximum atomic E-state index is 7.58. The second-order valence-electron chi connectivity index (χ2n) is 0.335. The molecule has 0 aromatic carbocycles. The first-order valence-electron chi connectivity index (χ1n) is 0.931. The molecule has 19 valence electrons. The summed E-state index contributed by atoms with van der Waals surface area (Å²) in [6, 6.07) is 2.27. The van der Waals surface area contributed by atoms with Crippen LogP contribution in [0.15, 0.2) is 0 Å². The highest BCUT2D eigenvalue weighted by Crippen LogP contribution is 1.52. The van der Waals surface area contributed by atoms with Gasteiger partial charge in [0.1, 0.15) is 0 Å². The number of nitriles is 1. The minimum Gasteiger partial charge on any atom is -0.199 e. The maximum absolute atomic E-state index is 7.58. The molecule has 0 heterocycles. The average molecular weight is 68.1 g/mol. The molecule has 0 aliphatic rings. The Morgan fingerprint density at radius 3 is 2.25 bits per heavy atom. The quantitative estimate of drug-likeness (QED) is 0.369. The van der Waals surface area contributed by atoms with Crippen molar-refractivity contribution in [1.29, 1.82) is 5.26 Å². The van der Waals surface area contributed by atoms with Crippen LogP contribution >= 0.6 is 0 Å². The van der Waals surface area contributed by atoms with E-state index < -0.39 is 0 Å². The van der Waals surface area contributed by atoms with Gasteiger partial charge in [0.05, 0.1) is 6.07 Å². The zero-order valence-electron chi connectivity index (χ0n) is 2.15. The third kappa shape index (κ3) is 1.71. The Balaban J connectivity index is 2.43. The van der Waals surface area contributed by atoms with Gasteiger partial charge < -0.3 is 0 Å². The highest BCUT2D eigenvalue weighted by Gasteiger charge is 1.51. The Bertz CT molecular complexity index is 35.8. The molecular formula is C2H2NSi. The zero-order valence-corrected chi connectivity index (χ0v) is 3.15. The SMILES string of the molecule is N#CC[Si]. The van der Waals surface area contributed by atoms with Crippen molar-refractivity contribution in [3.05, 3.63) is 0 Å². The van der Waals surface area contributed by atoms with E-state index in [2.05, 4.69) is 10.2 Å². The molecule has 0 unspecified atom stereocenters. The molecule has 0 fully saturated rings. The Morgan fingerprint density at radius 2 is 2.25 bits per heavy atom. The smallest absolute Gasteiger partial charge is 0.0582 e. The fourth-order valence-electron chi connectivity index (χ4n) is 0. The first-order valence-corrected chi connectivity index (χ1v) is 1.64. The molecule has 0 saturated heterocycles. The van der Waals surface area contributed by atoms with Gasteiger partial charge in [0.2, 0.25) is 0 Å². The van der Waals surface area contributed by atoms with Gasteiger partial charge in [0.25, 0.3) is 0 Å². The van der Waals surface area contributed by atoms with Crippen molar-refractivity contribution in [3.63, 3.8) is 0 Å². The number of rotatable bonds is 0. The summed E-state index contributed by atoms with van der Waals surface area (Å²) in [5.41, 5.74) is 0. The molecule has 0 aliphatic heterocycles. The molecule has 0 spiro atoms. The average Bonchev–Trinajstić information content (AvgIpc) is 1.37. The topological polar surface area (TPSA) is 23.8 Å². The van der Waals surface area contributed by atoms with E-state index in [0.717, 1.165) is 0 Å². The van der Waals surface area contributed by atoms with E-state index in [4.69, 9.17) is 5.26 Å². The Hall–Kier alpha value is -0.293. The fraction of sp³-hybridized carbons (Fsp3) is 0.500. The van der Waals surface area contributed by atoms with Crippen molar-refractivity contribution in [2.24, 2.45) is 0 Å². The monoisotopic (exact) mass is 68.0 g/mol. The van der Waals surface area contributed by atoms with Crippen molar-refractivity contribution in [2.75, 3.05) is 0 Å². The van der Waals surface area contributed by atoms with Gasteiger partial charge in [0.15, 0.2) is 0 Å². The van der Waals surface area contributed by atoms with Gasteiger partial charge in [-0.15, -0.1) is 0 Å². The molecule has 1 nitrogen and oxygen atoms in total. The lowest BCUT2D eigenvalue weighted by Gasteiger charge is -1.45. The van der Waals surface area contributed by atoms with E-state index in [9.17, 15) is 0 Å². The maximum Gasteiger partial charge on any atom is 0.0582 e. The minimum absolute atomic E-state index is 0.431. The van der Waals surface area contributed by atoms with E-state index >= 15 is 0 Å². The van der Waals surface area contributed by atoms with Crippen LogP contribution in [0.5, 0.6) is 0 Å². The summed E-state index contributed by atoms with van der Waals surface area (Å²) in [5.74, 6) is 0. The van der Waals surface area contributed by atoms with Crippen LogP contribution in [0, 0.1) is 11.3 Å². The third-order valence-electron chi connectivity index (χ3n) is 0.0791. The lowest BCUT2D eigenvalue weighted by molar-refractivity contribution is 1.48. The van der Waals surface area contributed by atoms with E-state index in [0.29, 0.717) is 6.04 Å². The molecule has 0 atom stereocenters. The molecule has 3 radical (unpaired) electrons. The van der Waals surface area contributed by atoms with Crippen LogP contribution in [-0.4, -0.2) is 10.2 Å². The number of nitrogens with zero attached hydrogens (tertiary/aromatic N) is 1. The summed E-state index contributed by atoms with van der Waals surface area (Å²) in [6.45, 7) is 0. The van der Waals surface area contributed by atoms with E-state index in [1.165, 1.54) is 0 Å². The minimum atomic E-state index is 0.431. The summed E-state index contributed by atoms with van der Waals surface area (Å²) >= 11 is 0. The first kappa shape index (κ1) is 3.71. The molecule has 0 N–H and O–H groups in total. The van der Waals surface area contributed by atoms with E-state index in [-0.39, 0.29) is 0 Å². The molecule has 0 aromatic rings. The molecule has 0 bridgehead atoms. The van der Waals surface area contributed by atoms with Gasteiger partial charge in [-0.2, -0.15) is 5.26 Å². The zero-order chi connectivity index (χ0) is 3.41. The van der Waals surface area contributed by atoms with Crippen LogP contribution in [0.1, 0.15) is 0 Å². The normalized spacial score (nSPS) is 5.00. The number of hydrogen-bond acceptors (Lipinski definition) is 1. The molecule has 0 aromatic heterocycles. The van der Waals surface area contributed by atoms with Gasteiger partial charge in [-0.3, -0.25) is 0 Å². The summed E-state index contributed by atoms with van der Waals surface area (Å²) < 4.78 is 0. The van der Waals surface area contributed by atoms with Crippen LogP contribution in [0.3, 0.4) is 0 Å². The second kappa shape index (κ2) is 2.71. The van der Waals surface area contributed by atoms with Crippen LogP contribution in [0.25, 0.3) is 0 Å². The predicted molar refractivity (Wildman–Crippen MR) is 16.2 cm³/mol. The Labute approximate surface area is 28.7 Å². The molecular weight excluding hydrogens is 66.1 g/mol. The highest BCUT2D eigenvalue weighted by atomic mass is 28.1. The van der Waals surface area contributed by atoms with Gasteiger partial charge in [0, 0.05) is 16.3 Å². The molecule has 0 amide bonds. The van der Waals surface area contributed by atoms with Crippen LogP contribution in [-0.2, 0) is 0 Å². The standard InChI is InChI=1S/C2H2NSi/c3-1-2-4/h2H2. The van der Waals surface area contributed by atoms with Crippen LogP contribution in [0.2, 0.25) is 6.04 Å². The lowest BCUT2D eigenvalue weighted by atomic mass is 10.9. The van der Waals surface area contributed by atoms with Crippen molar-refractivity contribution in [3.8, 4) is 6.07 Å². The van der Waals surface area contributed by atoms with Gasteiger partial charge >= 0.3 is 0 Å². The van der Waals surface area contributed by atoms with Crippen molar-refractivity contribution in [2.45, 2.75) is 6.04 Å². The Morgan fingerprint density at radius 1 is 2.00 bits per heavy atom. The van der Waals surface area contributed by atoms with Crippen molar-refractivity contribution < 1.29 is 0 Å². The Kier molecular flexibility index (Phi) is 2.51. The third-order valence-corrected chi connectivity index (χ3v) is 0.237. The summed E-state index contributed by atoms with van der Waals surface area (Å²) in [7, 11) is 2.93. The van der Waals surface area contributed by atoms with Crippen molar-refractivity contribution in [1.82, 2.24) is 0 Å².